The Hall–Kier alpha value is -2.86. The molecule has 3 aromatic rings. The molecule has 0 spiro atoms. The van der Waals surface area contributed by atoms with Gasteiger partial charge >= 0.3 is 0 Å². The molecule has 134 valence electrons. The van der Waals surface area contributed by atoms with E-state index < -0.39 is 0 Å². The molecule has 0 saturated heterocycles. The first-order chi connectivity index (χ1) is 12.7. The molecule has 1 aromatic heterocycles. The summed E-state index contributed by atoms with van der Waals surface area (Å²) in [4.78, 5) is 16.7. The highest BCUT2D eigenvalue weighted by atomic mass is 32.1. The van der Waals surface area contributed by atoms with Gasteiger partial charge in [-0.2, -0.15) is 0 Å². The van der Waals surface area contributed by atoms with Crippen molar-refractivity contribution >= 4 is 22.9 Å². The maximum absolute atomic E-state index is 12.5. The smallest absolute Gasteiger partial charge is 0.255 e. The summed E-state index contributed by atoms with van der Waals surface area (Å²) in [6, 6.07) is 15.3. The zero-order valence-electron chi connectivity index (χ0n) is 14.6. The van der Waals surface area contributed by atoms with Gasteiger partial charge in [-0.3, -0.25) is 4.79 Å². The molecular weight excluding hydrogens is 346 g/mol. The molecule has 3 rings (SSSR count). The van der Waals surface area contributed by atoms with Crippen LogP contribution in [0.25, 0.3) is 0 Å². The summed E-state index contributed by atoms with van der Waals surface area (Å²) in [5, 5.41) is 8.18. The van der Waals surface area contributed by atoms with E-state index in [1.54, 1.807) is 17.6 Å². The molecule has 26 heavy (non-hydrogen) atoms. The number of nitrogens with zero attached hydrogens (tertiary/aromatic N) is 1. The van der Waals surface area contributed by atoms with E-state index >= 15 is 0 Å². The largest absolute Gasteiger partial charge is 0.486 e. The molecule has 5 nitrogen and oxygen atoms in total. The second kappa shape index (κ2) is 9.01. The van der Waals surface area contributed by atoms with Gasteiger partial charge in [-0.15, -0.1) is 11.3 Å². The third-order valence-corrected chi connectivity index (χ3v) is 4.50. The van der Waals surface area contributed by atoms with Crippen LogP contribution in [0.1, 0.15) is 21.6 Å². The number of hydrogen-bond acceptors (Lipinski definition) is 5. The van der Waals surface area contributed by atoms with Gasteiger partial charge in [0.2, 0.25) is 0 Å². The summed E-state index contributed by atoms with van der Waals surface area (Å²) >= 11 is 1.52. The SMILES string of the molecule is Cc1ccccc1NCCNC(=O)c1ccccc1OCc1cscn1. The molecule has 0 aliphatic carbocycles. The van der Waals surface area contributed by atoms with Gasteiger partial charge in [0.1, 0.15) is 12.4 Å². The van der Waals surface area contributed by atoms with Crippen LogP contribution in [-0.4, -0.2) is 24.0 Å². The zero-order chi connectivity index (χ0) is 18.2. The zero-order valence-corrected chi connectivity index (χ0v) is 15.4. The van der Waals surface area contributed by atoms with E-state index in [0.717, 1.165) is 11.4 Å². The number of anilines is 1. The van der Waals surface area contributed by atoms with Gasteiger partial charge in [0.15, 0.2) is 0 Å². The van der Waals surface area contributed by atoms with E-state index in [1.165, 1.54) is 16.9 Å². The fraction of sp³-hybridized carbons (Fsp3) is 0.200. The van der Waals surface area contributed by atoms with E-state index in [2.05, 4.69) is 28.6 Å². The van der Waals surface area contributed by atoms with Gasteiger partial charge in [0.05, 0.1) is 16.8 Å². The number of aryl methyl sites for hydroxylation is 1. The van der Waals surface area contributed by atoms with Crippen LogP contribution in [0.5, 0.6) is 5.75 Å². The molecule has 0 unspecified atom stereocenters. The maximum atomic E-state index is 12.5. The lowest BCUT2D eigenvalue weighted by atomic mass is 10.2. The lowest BCUT2D eigenvalue weighted by Crippen LogP contribution is -2.29. The maximum Gasteiger partial charge on any atom is 0.255 e. The van der Waals surface area contributed by atoms with Crippen LogP contribution < -0.4 is 15.4 Å². The Morgan fingerprint density at radius 3 is 2.73 bits per heavy atom. The van der Waals surface area contributed by atoms with E-state index in [1.807, 2.05) is 35.7 Å². The van der Waals surface area contributed by atoms with E-state index in [-0.39, 0.29) is 5.91 Å². The Morgan fingerprint density at radius 2 is 1.92 bits per heavy atom. The van der Waals surface area contributed by atoms with E-state index in [4.69, 9.17) is 4.74 Å². The third kappa shape index (κ3) is 4.83. The van der Waals surface area contributed by atoms with Crippen molar-refractivity contribution in [3.8, 4) is 5.75 Å². The van der Waals surface area contributed by atoms with Crippen LogP contribution in [0, 0.1) is 6.92 Å². The molecule has 1 heterocycles. The molecule has 2 N–H and O–H groups in total. The summed E-state index contributed by atoms with van der Waals surface area (Å²) in [5.74, 6) is 0.412. The van der Waals surface area contributed by atoms with Gasteiger partial charge in [-0.1, -0.05) is 30.3 Å². The highest BCUT2D eigenvalue weighted by Gasteiger charge is 2.12. The summed E-state index contributed by atoms with van der Waals surface area (Å²) in [7, 11) is 0. The van der Waals surface area contributed by atoms with Crippen molar-refractivity contribution in [2.45, 2.75) is 13.5 Å². The quantitative estimate of drug-likeness (QED) is 0.593. The molecule has 0 fully saturated rings. The van der Waals surface area contributed by atoms with Gasteiger partial charge in [0.25, 0.3) is 5.91 Å². The molecule has 1 amide bonds. The molecule has 0 atom stereocenters. The highest BCUT2D eigenvalue weighted by molar-refractivity contribution is 7.07. The fourth-order valence-corrected chi connectivity index (χ4v) is 3.02. The molecule has 0 aliphatic rings. The Morgan fingerprint density at radius 1 is 1.12 bits per heavy atom. The number of aromatic nitrogens is 1. The predicted molar refractivity (Wildman–Crippen MR) is 105 cm³/mol. The number of amides is 1. The van der Waals surface area contributed by atoms with E-state index in [9.17, 15) is 4.79 Å². The number of thiazole rings is 1. The van der Waals surface area contributed by atoms with Crippen molar-refractivity contribution in [3.63, 3.8) is 0 Å². The molecule has 2 aromatic carbocycles. The van der Waals surface area contributed by atoms with Gasteiger partial charge in [0, 0.05) is 24.2 Å². The lowest BCUT2D eigenvalue weighted by Gasteiger charge is -2.12. The first-order valence-electron chi connectivity index (χ1n) is 8.40. The van der Waals surface area contributed by atoms with Crippen molar-refractivity contribution in [2.75, 3.05) is 18.4 Å². The second-order valence-corrected chi connectivity index (χ2v) is 6.48. The number of rotatable bonds is 8. The molecule has 0 saturated carbocycles. The first-order valence-corrected chi connectivity index (χ1v) is 9.35. The fourth-order valence-electron chi connectivity index (χ4n) is 2.48. The van der Waals surface area contributed by atoms with Gasteiger partial charge < -0.3 is 15.4 Å². The molecule has 0 aliphatic heterocycles. The van der Waals surface area contributed by atoms with Gasteiger partial charge in [-0.05, 0) is 30.7 Å². The van der Waals surface area contributed by atoms with Crippen LogP contribution in [0.15, 0.2) is 59.4 Å². The topological polar surface area (TPSA) is 63.2 Å². The Labute approximate surface area is 157 Å². The van der Waals surface area contributed by atoms with Crippen molar-refractivity contribution in [2.24, 2.45) is 0 Å². The number of para-hydroxylation sites is 2. The van der Waals surface area contributed by atoms with E-state index in [0.29, 0.717) is 31.0 Å². The summed E-state index contributed by atoms with van der Waals surface area (Å²) in [5.41, 5.74) is 5.40. The standard InChI is InChI=1S/C20H21N3O2S/c1-15-6-2-4-8-18(15)21-10-11-22-20(24)17-7-3-5-9-19(17)25-12-16-13-26-14-23-16/h2-9,13-14,21H,10-12H2,1H3,(H,22,24). The van der Waals surface area contributed by atoms with Gasteiger partial charge in [-0.25, -0.2) is 4.98 Å². The average molecular weight is 367 g/mol. The average Bonchev–Trinajstić information content (AvgIpc) is 3.18. The van der Waals surface area contributed by atoms with Crippen LogP contribution in [-0.2, 0) is 6.61 Å². The molecule has 0 bridgehead atoms. The van der Waals surface area contributed by atoms with Crippen molar-refractivity contribution in [3.05, 3.63) is 76.2 Å². The Balaban J connectivity index is 1.52. The minimum atomic E-state index is -0.148. The molecule has 6 heteroatoms. The van der Waals surface area contributed by atoms with Crippen molar-refractivity contribution in [1.82, 2.24) is 10.3 Å². The van der Waals surface area contributed by atoms with Crippen molar-refractivity contribution < 1.29 is 9.53 Å². The number of hydrogen-bond donors (Lipinski definition) is 2. The Bertz CT molecular complexity index is 850. The number of ether oxygens (including phenoxy) is 1. The highest BCUT2D eigenvalue weighted by Crippen LogP contribution is 2.19. The number of nitrogens with one attached hydrogen (secondary N) is 2. The Kier molecular flexibility index (Phi) is 6.22. The van der Waals surface area contributed by atoms with Crippen LogP contribution >= 0.6 is 11.3 Å². The molecular formula is C20H21N3O2S. The summed E-state index contributed by atoms with van der Waals surface area (Å²) in [6.07, 6.45) is 0. The lowest BCUT2D eigenvalue weighted by molar-refractivity contribution is 0.0950. The van der Waals surface area contributed by atoms with Crippen LogP contribution in [0.2, 0.25) is 0 Å². The van der Waals surface area contributed by atoms with Crippen LogP contribution in [0.4, 0.5) is 5.69 Å². The van der Waals surface area contributed by atoms with Crippen molar-refractivity contribution in [1.29, 1.82) is 0 Å². The monoisotopic (exact) mass is 367 g/mol. The second-order valence-electron chi connectivity index (χ2n) is 5.76. The first kappa shape index (κ1) is 17.9. The summed E-state index contributed by atoms with van der Waals surface area (Å²) < 4.78 is 5.76. The molecule has 0 radical (unpaired) electrons. The van der Waals surface area contributed by atoms with Crippen LogP contribution in [0.3, 0.4) is 0 Å². The minimum Gasteiger partial charge on any atom is -0.486 e. The normalized spacial score (nSPS) is 10.3. The number of carbonyl (C=O) groups is 1. The number of carbonyl (C=O) groups excluding carboxylic acids is 1. The number of benzene rings is 2. The third-order valence-electron chi connectivity index (χ3n) is 3.86. The summed E-state index contributed by atoms with van der Waals surface area (Å²) in [6.45, 7) is 3.57. The predicted octanol–water partition coefficient (Wildman–Crippen LogP) is 3.87. The minimum absolute atomic E-state index is 0.148.